The number of dihydropyridines is 1. The molecule has 2 aliphatic rings. The van der Waals surface area contributed by atoms with Gasteiger partial charge in [0, 0.05) is 22.2 Å². The molecule has 1 N–H and O–H groups in total. The van der Waals surface area contributed by atoms with E-state index in [4.69, 9.17) is 0 Å². The monoisotopic (exact) mass is 416 g/mol. The maximum absolute atomic E-state index is 12.8. The summed E-state index contributed by atoms with van der Waals surface area (Å²) in [5.74, 6) is -0.109. The van der Waals surface area contributed by atoms with Crippen molar-refractivity contribution >= 4 is 17.9 Å². The van der Waals surface area contributed by atoms with Crippen molar-refractivity contribution in [3.05, 3.63) is 11.1 Å². The Morgan fingerprint density at radius 2 is 1.37 bits per heavy atom. The summed E-state index contributed by atoms with van der Waals surface area (Å²) in [6.45, 7) is 11.0. The van der Waals surface area contributed by atoms with Crippen LogP contribution in [0.1, 0.15) is 118 Å². The molecule has 0 saturated carbocycles. The van der Waals surface area contributed by atoms with Crippen molar-refractivity contribution in [2.75, 3.05) is 0 Å². The molecule has 0 unspecified atom stereocenters. The van der Waals surface area contributed by atoms with Crippen LogP contribution in [-0.4, -0.2) is 29.0 Å². The molecule has 1 amide bonds. The van der Waals surface area contributed by atoms with E-state index in [-0.39, 0.29) is 28.7 Å². The lowest BCUT2D eigenvalue weighted by atomic mass is 9.70. The molecule has 1 fully saturated rings. The number of aliphatic imine (C=N–C) groups is 1. The molecule has 2 heterocycles. The highest BCUT2D eigenvalue weighted by atomic mass is 16.2. The quantitative estimate of drug-likeness (QED) is 0.378. The van der Waals surface area contributed by atoms with Gasteiger partial charge in [-0.05, 0) is 59.3 Å². The van der Waals surface area contributed by atoms with Gasteiger partial charge in [-0.25, -0.2) is 4.99 Å². The summed E-state index contributed by atoms with van der Waals surface area (Å²) in [5.41, 5.74) is 1.34. The molecule has 0 atom stereocenters. The largest absolute Gasteiger partial charge is 0.307 e. The number of unbranched alkanes of at least 4 members (excludes halogenated alkanes) is 9. The van der Waals surface area contributed by atoms with E-state index >= 15 is 0 Å². The first kappa shape index (κ1) is 25.0. The number of nitrogens with one attached hydrogen (secondary N) is 1. The minimum atomic E-state index is -0.185. The molecular weight excluding hydrogens is 372 g/mol. The normalized spacial score (nSPS) is 21.5. The van der Waals surface area contributed by atoms with Crippen LogP contribution in [0.25, 0.3) is 0 Å². The molecule has 0 bridgehead atoms. The van der Waals surface area contributed by atoms with E-state index < -0.39 is 0 Å². The summed E-state index contributed by atoms with van der Waals surface area (Å²) < 4.78 is 0. The number of carbonyl (C=O) groups is 2. The van der Waals surface area contributed by atoms with Crippen molar-refractivity contribution in [3.63, 3.8) is 0 Å². The topological polar surface area (TPSA) is 58.5 Å². The van der Waals surface area contributed by atoms with Gasteiger partial charge in [-0.2, -0.15) is 0 Å². The first-order valence-electron chi connectivity index (χ1n) is 12.3. The van der Waals surface area contributed by atoms with Gasteiger partial charge >= 0.3 is 0 Å². The number of rotatable bonds is 12. The molecule has 0 aromatic rings. The van der Waals surface area contributed by atoms with Crippen LogP contribution < -0.4 is 5.32 Å². The van der Waals surface area contributed by atoms with Gasteiger partial charge in [0.05, 0.1) is 6.21 Å². The summed E-state index contributed by atoms with van der Waals surface area (Å²) >= 11 is 0. The van der Waals surface area contributed by atoms with Gasteiger partial charge in [0.25, 0.3) is 5.91 Å². The number of piperidine rings is 1. The molecule has 4 heteroatoms. The highest BCUT2D eigenvalue weighted by Gasteiger charge is 2.42. The first-order valence-corrected chi connectivity index (χ1v) is 12.3. The fraction of sp³-hybridized carbons (Fsp3) is 0.808. The maximum Gasteiger partial charge on any atom is 0.273 e. The van der Waals surface area contributed by atoms with E-state index in [1.54, 1.807) is 0 Å². The zero-order chi connectivity index (χ0) is 22.2. The van der Waals surface area contributed by atoms with E-state index in [0.29, 0.717) is 12.0 Å². The van der Waals surface area contributed by atoms with Gasteiger partial charge in [0.2, 0.25) is 5.78 Å². The molecular formula is C26H44N2O2. The van der Waals surface area contributed by atoms with Crippen molar-refractivity contribution in [2.45, 2.75) is 129 Å². The Morgan fingerprint density at radius 1 is 0.867 bits per heavy atom. The molecule has 1 saturated heterocycles. The lowest BCUT2D eigenvalue weighted by Gasteiger charge is -2.47. The Morgan fingerprint density at radius 3 is 1.90 bits per heavy atom. The second kappa shape index (κ2) is 11.4. The molecule has 0 aromatic heterocycles. The predicted octanol–water partition coefficient (Wildman–Crippen LogP) is 6.33. The Bertz CT molecular complexity index is 642. The second-order valence-electron chi connectivity index (χ2n) is 10.7. The average molecular weight is 417 g/mol. The number of Topliss-reactive ketones (excluding diaryl/α,β-unsaturated/α-hetero) is 1. The van der Waals surface area contributed by atoms with Gasteiger partial charge in [-0.15, -0.1) is 0 Å². The number of carbonyl (C=O) groups excluding carboxylic acids is 2. The van der Waals surface area contributed by atoms with E-state index in [2.05, 4.69) is 44.9 Å². The summed E-state index contributed by atoms with van der Waals surface area (Å²) in [7, 11) is 0. The van der Waals surface area contributed by atoms with Gasteiger partial charge in [-0.1, -0.05) is 64.7 Å². The van der Waals surface area contributed by atoms with Crippen molar-refractivity contribution in [1.29, 1.82) is 0 Å². The standard InChI is InChI=1S/C26H44N2O2/c1-6-7-8-9-10-11-12-13-14-15-16-21-23(22(29)19-27-24(21)30)20-17-25(2,3)28-26(4,5)18-20/h19-20,28H,6-18H2,1-5H3. The number of hydrogen-bond donors (Lipinski definition) is 1. The van der Waals surface area contributed by atoms with Crippen LogP contribution >= 0.6 is 0 Å². The Kier molecular flexibility index (Phi) is 9.46. The lowest BCUT2D eigenvalue weighted by Crippen LogP contribution is -2.58. The highest BCUT2D eigenvalue weighted by molar-refractivity contribution is 6.40. The van der Waals surface area contributed by atoms with Crippen LogP contribution in [0, 0.1) is 5.92 Å². The number of allylic oxidation sites excluding steroid dienone is 1. The lowest BCUT2D eigenvalue weighted by molar-refractivity contribution is -0.117. The third kappa shape index (κ3) is 7.76. The highest BCUT2D eigenvalue weighted by Crippen LogP contribution is 2.39. The van der Waals surface area contributed by atoms with Crippen molar-refractivity contribution in [3.8, 4) is 0 Å². The van der Waals surface area contributed by atoms with Crippen LogP contribution in [-0.2, 0) is 9.59 Å². The zero-order valence-corrected chi connectivity index (χ0v) is 20.1. The Balaban J connectivity index is 1.91. The van der Waals surface area contributed by atoms with Gasteiger partial charge in [-0.3, -0.25) is 9.59 Å². The zero-order valence-electron chi connectivity index (χ0n) is 20.1. The van der Waals surface area contributed by atoms with Crippen molar-refractivity contribution in [1.82, 2.24) is 5.32 Å². The van der Waals surface area contributed by atoms with Gasteiger partial charge in [0.15, 0.2) is 0 Å². The Hall–Kier alpha value is -1.29. The third-order valence-electron chi connectivity index (χ3n) is 6.53. The summed E-state index contributed by atoms with van der Waals surface area (Å²) in [4.78, 5) is 29.2. The predicted molar refractivity (Wildman–Crippen MR) is 126 cm³/mol. The van der Waals surface area contributed by atoms with Crippen LogP contribution in [0.2, 0.25) is 0 Å². The molecule has 30 heavy (non-hydrogen) atoms. The molecule has 0 radical (unpaired) electrons. The number of amides is 1. The van der Waals surface area contributed by atoms with Crippen LogP contribution in [0.4, 0.5) is 0 Å². The van der Waals surface area contributed by atoms with Crippen LogP contribution in [0.3, 0.4) is 0 Å². The fourth-order valence-corrected chi connectivity index (χ4v) is 5.53. The number of nitrogens with zero attached hydrogens (tertiary/aromatic N) is 1. The van der Waals surface area contributed by atoms with E-state index in [0.717, 1.165) is 31.3 Å². The van der Waals surface area contributed by atoms with Crippen molar-refractivity contribution < 1.29 is 9.59 Å². The van der Waals surface area contributed by atoms with E-state index in [9.17, 15) is 9.59 Å². The average Bonchev–Trinajstić information content (AvgIpc) is 2.63. The molecule has 0 spiro atoms. The summed E-state index contributed by atoms with van der Waals surface area (Å²) in [5, 5.41) is 3.68. The fourth-order valence-electron chi connectivity index (χ4n) is 5.53. The van der Waals surface area contributed by atoms with E-state index in [1.807, 2.05) is 0 Å². The number of hydrogen-bond acceptors (Lipinski definition) is 3. The molecule has 0 aromatic carbocycles. The first-order chi connectivity index (χ1) is 14.2. The van der Waals surface area contributed by atoms with Crippen LogP contribution in [0.15, 0.2) is 16.1 Å². The smallest absolute Gasteiger partial charge is 0.273 e. The van der Waals surface area contributed by atoms with Crippen molar-refractivity contribution in [2.24, 2.45) is 10.9 Å². The third-order valence-corrected chi connectivity index (χ3v) is 6.53. The number of ketones is 1. The Labute approximate surface area is 184 Å². The summed E-state index contributed by atoms with van der Waals surface area (Å²) in [6.07, 6.45) is 16.3. The van der Waals surface area contributed by atoms with Gasteiger partial charge in [0.1, 0.15) is 0 Å². The molecule has 170 valence electrons. The molecule has 4 nitrogen and oxygen atoms in total. The van der Waals surface area contributed by atoms with Gasteiger partial charge < -0.3 is 5.32 Å². The van der Waals surface area contributed by atoms with E-state index in [1.165, 1.54) is 57.6 Å². The summed E-state index contributed by atoms with van der Waals surface area (Å²) in [6, 6.07) is 0. The maximum atomic E-state index is 12.8. The molecule has 2 rings (SSSR count). The molecule has 0 aliphatic carbocycles. The van der Waals surface area contributed by atoms with Crippen LogP contribution in [0.5, 0.6) is 0 Å². The minimum absolute atomic E-state index is 0.0461. The minimum Gasteiger partial charge on any atom is -0.307 e. The molecule has 2 aliphatic heterocycles. The second-order valence-corrected chi connectivity index (χ2v) is 10.7. The SMILES string of the molecule is CCCCCCCCCCCCC1=C(C2CC(C)(C)NC(C)(C)C2)C(=O)C=NC1=O.